The van der Waals surface area contributed by atoms with Crippen LogP contribution in [-0.2, 0) is 34.7 Å². The Morgan fingerprint density at radius 1 is 1.02 bits per heavy atom. The van der Waals surface area contributed by atoms with Crippen LogP contribution in [0, 0.1) is 5.41 Å². The van der Waals surface area contributed by atoms with Gasteiger partial charge in [-0.3, -0.25) is 0 Å². The lowest BCUT2D eigenvalue weighted by atomic mass is 9.77. The Hall–Kier alpha value is -2.30. The number of aliphatic hydroxyl groups excluding tert-OH is 2. The number of carboxylic acid groups (broad SMARTS) is 2. The SMILES string of the molecule is CC1(C)CCCC(SCc2ccc(CNc3c(Cl)ccc4c3CCNCC4)cc2)C1.O=C(O)[C@H](O)[C@@H](O)C(=O)O. The number of aliphatic carboxylic acids is 2. The molecule has 2 aromatic carbocycles. The van der Waals surface area contributed by atoms with Gasteiger partial charge < -0.3 is 31.1 Å². The quantitative estimate of drug-likeness (QED) is 0.244. The molecule has 0 amide bonds. The van der Waals surface area contributed by atoms with Gasteiger partial charge in [-0.15, -0.1) is 0 Å². The number of benzene rings is 2. The van der Waals surface area contributed by atoms with Gasteiger partial charge in [0.05, 0.1) is 10.7 Å². The van der Waals surface area contributed by atoms with Crippen molar-refractivity contribution in [3.63, 3.8) is 0 Å². The largest absolute Gasteiger partial charge is 0.479 e. The molecule has 0 aromatic heterocycles. The summed E-state index contributed by atoms with van der Waals surface area (Å²) in [6.45, 7) is 7.73. The van der Waals surface area contributed by atoms with E-state index < -0.39 is 24.1 Å². The van der Waals surface area contributed by atoms with Crippen molar-refractivity contribution >= 4 is 41.0 Å². The van der Waals surface area contributed by atoms with Crippen LogP contribution in [0.1, 0.15) is 61.8 Å². The van der Waals surface area contributed by atoms with Crippen LogP contribution < -0.4 is 10.6 Å². The van der Waals surface area contributed by atoms with E-state index in [0.717, 1.165) is 54.2 Å². The monoisotopic (exact) mass is 592 g/mol. The van der Waals surface area contributed by atoms with Crippen molar-refractivity contribution in [3.05, 3.63) is 63.7 Å². The van der Waals surface area contributed by atoms with Crippen LogP contribution in [0.5, 0.6) is 0 Å². The standard InChI is InChI=1S/C26H35ClN2S.C4H6O6/c1-26(2)13-3-4-22(16-26)30-18-20-7-5-19(6-8-20)17-29-25-23-12-15-28-14-11-21(23)9-10-24(25)27;5-1(3(7)8)2(6)4(9)10/h5-10,22,28-29H,3-4,11-18H2,1-2H3;1-2,5-6H,(H,7,8)(H,9,10)/t;1-,2-/m.1/s1. The molecule has 0 spiro atoms. The van der Waals surface area contributed by atoms with Crippen molar-refractivity contribution in [2.24, 2.45) is 5.41 Å². The Balaban J connectivity index is 0.000000378. The molecule has 1 heterocycles. The number of carbonyl (C=O) groups is 2. The number of carboxylic acids is 2. The lowest BCUT2D eigenvalue weighted by Gasteiger charge is -2.34. The number of halogens is 1. The number of fused-ring (bicyclic) bond motifs is 1. The van der Waals surface area contributed by atoms with Crippen LogP contribution in [0.4, 0.5) is 5.69 Å². The molecule has 6 N–H and O–H groups in total. The molecule has 4 rings (SSSR count). The summed E-state index contributed by atoms with van der Waals surface area (Å²) >= 11 is 8.70. The average Bonchev–Trinajstić information content (AvgIpc) is 3.16. The van der Waals surface area contributed by atoms with Crippen LogP contribution in [0.3, 0.4) is 0 Å². The molecule has 8 nitrogen and oxygen atoms in total. The minimum Gasteiger partial charge on any atom is -0.479 e. The summed E-state index contributed by atoms with van der Waals surface area (Å²) in [4.78, 5) is 19.5. The maximum atomic E-state index is 9.77. The zero-order chi connectivity index (χ0) is 29.3. The summed E-state index contributed by atoms with van der Waals surface area (Å²) in [7, 11) is 0. The van der Waals surface area contributed by atoms with E-state index in [1.54, 1.807) is 0 Å². The van der Waals surface area contributed by atoms with Crippen molar-refractivity contribution in [1.29, 1.82) is 0 Å². The third-order valence-corrected chi connectivity index (χ3v) is 9.11. The van der Waals surface area contributed by atoms with Gasteiger partial charge in [-0.1, -0.05) is 62.2 Å². The summed E-state index contributed by atoms with van der Waals surface area (Å²) in [5.74, 6) is -2.41. The van der Waals surface area contributed by atoms with Gasteiger partial charge in [0, 0.05) is 17.5 Å². The first-order valence-electron chi connectivity index (χ1n) is 13.7. The number of hydrogen-bond acceptors (Lipinski definition) is 7. The topological polar surface area (TPSA) is 139 Å². The maximum absolute atomic E-state index is 9.77. The molecule has 0 saturated heterocycles. The normalized spacial score (nSPS) is 19.7. The van der Waals surface area contributed by atoms with Gasteiger partial charge in [-0.25, -0.2) is 9.59 Å². The molecular weight excluding hydrogens is 552 g/mol. The van der Waals surface area contributed by atoms with E-state index in [9.17, 15) is 9.59 Å². The summed E-state index contributed by atoms with van der Waals surface area (Å²) in [6.07, 6.45) is 3.09. The van der Waals surface area contributed by atoms with E-state index in [0.29, 0.717) is 5.41 Å². The van der Waals surface area contributed by atoms with Crippen LogP contribution in [0.15, 0.2) is 36.4 Å². The Labute approximate surface area is 245 Å². The van der Waals surface area contributed by atoms with Crippen molar-refractivity contribution < 1.29 is 30.0 Å². The first-order chi connectivity index (χ1) is 19.0. The molecule has 2 aliphatic rings. The van der Waals surface area contributed by atoms with E-state index in [1.807, 2.05) is 6.07 Å². The minimum atomic E-state index is -2.27. The smallest absolute Gasteiger partial charge is 0.335 e. The molecule has 220 valence electrons. The molecule has 2 aromatic rings. The van der Waals surface area contributed by atoms with Crippen LogP contribution in [0.25, 0.3) is 0 Å². The van der Waals surface area contributed by atoms with Crippen LogP contribution in [-0.4, -0.2) is 62.9 Å². The highest BCUT2D eigenvalue weighted by molar-refractivity contribution is 7.99. The van der Waals surface area contributed by atoms with Crippen LogP contribution >= 0.6 is 23.4 Å². The number of rotatable bonds is 9. The van der Waals surface area contributed by atoms with Gasteiger partial charge in [0.1, 0.15) is 0 Å². The third-order valence-electron chi connectivity index (χ3n) is 7.42. The number of thioether (sulfide) groups is 1. The fourth-order valence-electron chi connectivity index (χ4n) is 5.13. The minimum absolute atomic E-state index is 0.526. The van der Waals surface area contributed by atoms with E-state index in [4.69, 9.17) is 32.0 Å². The summed E-state index contributed by atoms with van der Waals surface area (Å²) < 4.78 is 0. The van der Waals surface area contributed by atoms with Crippen molar-refractivity contribution in [3.8, 4) is 0 Å². The lowest BCUT2D eigenvalue weighted by molar-refractivity contribution is -0.165. The molecule has 0 bridgehead atoms. The molecule has 1 saturated carbocycles. The predicted molar refractivity (Wildman–Crippen MR) is 160 cm³/mol. The second kappa shape index (κ2) is 15.1. The number of hydrogen-bond donors (Lipinski definition) is 6. The lowest BCUT2D eigenvalue weighted by Crippen LogP contribution is -2.39. The number of nitrogens with one attached hydrogen (secondary N) is 2. The zero-order valence-electron chi connectivity index (χ0n) is 23.2. The van der Waals surface area contributed by atoms with Crippen molar-refractivity contribution in [2.45, 2.75) is 82.1 Å². The Bertz CT molecular complexity index is 1130. The zero-order valence-corrected chi connectivity index (χ0v) is 24.7. The molecule has 0 radical (unpaired) electrons. The molecule has 1 fully saturated rings. The predicted octanol–water partition coefficient (Wildman–Crippen LogP) is 4.72. The van der Waals surface area contributed by atoms with Gasteiger partial charge in [0.2, 0.25) is 0 Å². The molecule has 1 aliphatic heterocycles. The summed E-state index contributed by atoms with van der Waals surface area (Å²) in [5.41, 5.74) is 7.20. The summed E-state index contributed by atoms with van der Waals surface area (Å²) in [5, 5.41) is 41.3. The van der Waals surface area contributed by atoms with E-state index in [-0.39, 0.29) is 0 Å². The number of aliphatic hydroxyl groups is 2. The first-order valence-corrected chi connectivity index (χ1v) is 15.2. The van der Waals surface area contributed by atoms with E-state index in [2.05, 4.69) is 66.6 Å². The fraction of sp³-hybridized carbons (Fsp3) is 0.533. The van der Waals surface area contributed by atoms with Gasteiger partial charge >= 0.3 is 11.9 Å². The van der Waals surface area contributed by atoms with Crippen LogP contribution in [0.2, 0.25) is 5.02 Å². The van der Waals surface area contributed by atoms with Gasteiger partial charge in [-0.2, -0.15) is 11.8 Å². The fourth-order valence-corrected chi connectivity index (χ4v) is 6.90. The van der Waals surface area contributed by atoms with Gasteiger partial charge in [0.25, 0.3) is 0 Å². The second-order valence-corrected chi connectivity index (χ2v) is 12.9. The molecular formula is C30H41ClN2O6S. The maximum Gasteiger partial charge on any atom is 0.335 e. The van der Waals surface area contributed by atoms with Gasteiger partial charge in [-0.05, 0) is 78.9 Å². The highest BCUT2D eigenvalue weighted by Gasteiger charge is 2.29. The van der Waals surface area contributed by atoms with Crippen molar-refractivity contribution in [1.82, 2.24) is 5.32 Å². The average molecular weight is 593 g/mol. The Morgan fingerprint density at radius 2 is 1.65 bits per heavy atom. The Kier molecular flexibility index (Phi) is 12.1. The summed E-state index contributed by atoms with van der Waals surface area (Å²) in [6, 6.07) is 13.4. The van der Waals surface area contributed by atoms with E-state index in [1.165, 1.54) is 47.9 Å². The van der Waals surface area contributed by atoms with Gasteiger partial charge in [0.15, 0.2) is 12.2 Å². The highest BCUT2D eigenvalue weighted by atomic mass is 35.5. The molecule has 1 unspecified atom stereocenters. The molecule has 10 heteroatoms. The van der Waals surface area contributed by atoms with E-state index >= 15 is 0 Å². The second-order valence-electron chi connectivity index (χ2n) is 11.2. The van der Waals surface area contributed by atoms with Crippen molar-refractivity contribution in [2.75, 3.05) is 18.4 Å². The number of anilines is 1. The third kappa shape index (κ3) is 9.66. The molecule has 1 aliphatic carbocycles. The first kappa shape index (κ1) is 32.2. The molecule has 3 atom stereocenters. The molecule has 40 heavy (non-hydrogen) atoms. The Morgan fingerprint density at radius 3 is 2.27 bits per heavy atom. The highest BCUT2D eigenvalue weighted by Crippen LogP contribution is 2.41.